The fourth-order valence-electron chi connectivity index (χ4n) is 3.10. The second kappa shape index (κ2) is 7.09. The van der Waals surface area contributed by atoms with E-state index < -0.39 is 0 Å². The molecule has 26 heavy (non-hydrogen) atoms. The Morgan fingerprint density at radius 1 is 1.19 bits per heavy atom. The summed E-state index contributed by atoms with van der Waals surface area (Å²) in [6, 6.07) is 12.4. The molecule has 1 aliphatic rings. The number of anilines is 2. The predicted molar refractivity (Wildman–Crippen MR) is 103 cm³/mol. The van der Waals surface area contributed by atoms with Gasteiger partial charge in [0.25, 0.3) is 5.91 Å². The highest BCUT2D eigenvalue weighted by atomic mass is 79.9. The number of aromatic amines is 1. The number of morpholine rings is 1. The summed E-state index contributed by atoms with van der Waals surface area (Å²) in [5, 5.41) is 3.67. The molecule has 0 unspecified atom stereocenters. The van der Waals surface area contributed by atoms with Gasteiger partial charge in [0.05, 0.1) is 23.4 Å². The van der Waals surface area contributed by atoms with Gasteiger partial charge in [-0.05, 0) is 40.2 Å². The topological polar surface area (TPSA) is 57.4 Å². The molecule has 0 spiro atoms. The third kappa shape index (κ3) is 3.20. The molecule has 0 aliphatic carbocycles. The third-order valence-corrected chi connectivity index (χ3v) is 5.25. The molecule has 0 atom stereocenters. The molecular weight excluding hydrogens is 401 g/mol. The average Bonchev–Trinajstić information content (AvgIpc) is 3.00. The van der Waals surface area contributed by atoms with Crippen molar-refractivity contribution in [2.45, 2.75) is 0 Å². The van der Waals surface area contributed by atoms with E-state index in [0.717, 1.165) is 10.9 Å². The van der Waals surface area contributed by atoms with E-state index in [1.165, 1.54) is 6.07 Å². The van der Waals surface area contributed by atoms with Crippen LogP contribution < -0.4 is 10.2 Å². The van der Waals surface area contributed by atoms with Crippen molar-refractivity contribution in [2.24, 2.45) is 0 Å². The number of ether oxygens (including phenoxy) is 1. The van der Waals surface area contributed by atoms with E-state index in [9.17, 15) is 9.18 Å². The molecule has 2 aromatic carbocycles. The maximum atomic E-state index is 14.5. The van der Waals surface area contributed by atoms with Crippen molar-refractivity contribution in [3.8, 4) is 0 Å². The number of carbonyl (C=O) groups is 1. The van der Waals surface area contributed by atoms with E-state index >= 15 is 0 Å². The largest absolute Gasteiger partial charge is 0.378 e. The Morgan fingerprint density at radius 2 is 1.96 bits per heavy atom. The van der Waals surface area contributed by atoms with E-state index in [2.05, 4.69) is 26.2 Å². The number of fused-ring (bicyclic) bond motifs is 1. The average molecular weight is 418 g/mol. The van der Waals surface area contributed by atoms with Crippen LogP contribution in [0.2, 0.25) is 0 Å². The van der Waals surface area contributed by atoms with Gasteiger partial charge in [0.15, 0.2) is 0 Å². The van der Waals surface area contributed by atoms with Crippen LogP contribution in [0.4, 0.5) is 15.8 Å². The molecular formula is C19H17BrFN3O2. The molecule has 1 amide bonds. The first-order chi connectivity index (χ1) is 12.6. The summed E-state index contributed by atoms with van der Waals surface area (Å²) < 4.78 is 20.5. The first-order valence-corrected chi connectivity index (χ1v) is 9.12. The summed E-state index contributed by atoms with van der Waals surface area (Å²) in [6.45, 7) is 2.49. The number of amides is 1. The Balaban J connectivity index is 1.55. The molecule has 1 aromatic heterocycles. The summed E-state index contributed by atoms with van der Waals surface area (Å²) in [6.07, 6.45) is 0. The Hall–Kier alpha value is -2.38. The number of para-hydroxylation sites is 1. The normalized spacial score (nSPS) is 14.6. The van der Waals surface area contributed by atoms with Crippen LogP contribution in [-0.2, 0) is 4.74 Å². The van der Waals surface area contributed by atoms with Gasteiger partial charge >= 0.3 is 0 Å². The van der Waals surface area contributed by atoms with Crippen molar-refractivity contribution < 1.29 is 13.9 Å². The number of halogens is 2. The second-order valence-electron chi connectivity index (χ2n) is 6.08. The van der Waals surface area contributed by atoms with E-state index in [1.807, 2.05) is 29.2 Å². The molecule has 134 valence electrons. The van der Waals surface area contributed by atoms with Gasteiger partial charge in [0.2, 0.25) is 0 Å². The van der Waals surface area contributed by atoms with Crippen LogP contribution in [0.25, 0.3) is 10.9 Å². The first kappa shape index (κ1) is 17.1. The van der Waals surface area contributed by atoms with E-state index in [4.69, 9.17) is 4.74 Å². The van der Waals surface area contributed by atoms with E-state index in [-0.39, 0.29) is 11.7 Å². The van der Waals surface area contributed by atoms with Crippen LogP contribution in [0.15, 0.2) is 46.9 Å². The lowest BCUT2D eigenvalue weighted by Gasteiger charge is -2.29. The van der Waals surface area contributed by atoms with Gasteiger partial charge in [-0.3, -0.25) is 4.79 Å². The fourth-order valence-corrected chi connectivity index (χ4v) is 3.73. The maximum Gasteiger partial charge on any atom is 0.273 e. The minimum Gasteiger partial charge on any atom is -0.378 e. The molecule has 2 N–H and O–H groups in total. The van der Waals surface area contributed by atoms with Gasteiger partial charge in [-0.1, -0.05) is 18.2 Å². The van der Waals surface area contributed by atoms with E-state index in [0.29, 0.717) is 47.8 Å². The number of rotatable bonds is 3. The van der Waals surface area contributed by atoms with Crippen molar-refractivity contribution in [2.75, 3.05) is 36.5 Å². The fraction of sp³-hybridized carbons (Fsp3) is 0.211. The van der Waals surface area contributed by atoms with Crippen molar-refractivity contribution in [3.63, 3.8) is 0 Å². The molecule has 2 heterocycles. The van der Waals surface area contributed by atoms with Crippen molar-refractivity contribution in [1.82, 2.24) is 4.98 Å². The lowest BCUT2D eigenvalue weighted by atomic mass is 10.2. The van der Waals surface area contributed by atoms with Crippen LogP contribution in [0, 0.1) is 5.82 Å². The molecule has 1 fully saturated rings. The Bertz CT molecular complexity index is 967. The summed E-state index contributed by atoms with van der Waals surface area (Å²) in [4.78, 5) is 17.6. The zero-order valence-electron chi connectivity index (χ0n) is 13.9. The van der Waals surface area contributed by atoms with Crippen LogP contribution in [0.5, 0.6) is 0 Å². The highest BCUT2D eigenvalue weighted by Gasteiger charge is 2.18. The number of nitrogens with one attached hydrogen (secondary N) is 2. The summed E-state index contributed by atoms with van der Waals surface area (Å²) >= 11 is 3.46. The van der Waals surface area contributed by atoms with Gasteiger partial charge < -0.3 is 19.9 Å². The maximum absolute atomic E-state index is 14.5. The summed E-state index contributed by atoms with van der Waals surface area (Å²) in [5.74, 6) is -0.688. The second-order valence-corrected chi connectivity index (χ2v) is 6.87. The number of carbonyl (C=O) groups excluding carboxylic acids is 1. The molecule has 0 bridgehead atoms. The third-order valence-electron chi connectivity index (χ3n) is 4.43. The van der Waals surface area contributed by atoms with Gasteiger partial charge in [-0.2, -0.15) is 0 Å². The standard InChI is InChI=1S/C19H17BrFN3O2/c20-17-13-3-1-2-4-15(13)23-18(17)19(25)22-12-5-6-16(14(21)11-12)24-7-9-26-10-8-24/h1-6,11,23H,7-10H2,(H,22,25). The molecule has 4 rings (SSSR count). The van der Waals surface area contributed by atoms with Crippen molar-refractivity contribution in [1.29, 1.82) is 0 Å². The number of hydrogen-bond acceptors (Lipinski definition) is 3. The molecule has 3 aromatic rings. The van der Waals surface area contributed by atoms with Crippen LogP contribution in [0.3, 0.4) is 0 Å². The first-order valence-electron chi connectivity index (χ1n) is 8.33. The zero-order valence-corrected chi connectivity index (χ0v) is 15.5. The molecule has 5 nitrogen and oxygen atoms in total. The minimum atomic E-state index is -0.361. The quantitative estimate of drug-likeness (QED) is 0.672. The lowest BCUT2D eigenvalue weighted by Crippen LogP contribution is -2.36. The number of benzene rings is 2. The zero-order chi connectivity index (χ0) is 18.1. The highest BCUT2D eigenvalue weighted by Crippen LogP contribution is 2.29. The number of H-pyrrole nitrogens is 1. The Kier molecular flexibility index (Phi) is 4.65. The monoisotopic (exact) mass is 417 g/mol. The molecule has 1 aliphatic heterocycles. The SMILES string of the molecule is O=C(Nc1ccc(N2CCOCC2)c(F)c1)c1[nH]c2ccccc2c1Br. The Morgan fingerprint density at radius 3 is 2.69 bits per heavy atom. The lowest BCUT2D eigenvalue weighted by molar-refractivity contribution is 0.102. The summed E-state index contributed by atoms with van der Waals surface area (Å²) in [5.41, 5.74) is 2.20. The molecule has 0 radical (unpaired) electrons. The van der Waals surface area contributed by atoms with Crippen LogP contribution >= 0.6 is 15.9 Å². The Labute approximate surface area is 158 Å². The van der Waals surface area contributed by atoms with Gasteiger partial charge in [0, 0.05) is 29.7 Å². The highest BCUT2D eigenvalue weighted by molar-refractivity contribution is 9.10. The van der Waals surface area contributed by atoms with Crippen LogP contribution in [0.1, 0.15) is 10.5 Å². The van der Waals surface area contributed by atoms with Gasteiger partial charge in [-0.15, -0.1) is 0 Å². The smallest absolute Gasteiger partial charge is 0.273 e. The molecule has 7 heteroatoms. The minimum absolute atomic E-state index is 0.327. The van der Waals surface area contributed by atoms with Gasteiger partial charge in [-0.25, -0.2) is 4.39 Å². The van der Waals surface area contributed by atoms with Crippen LogP contribution in [-0.4, -0.2) is 37.2 Å². The van der Waals surface area contributed by atoms with Crippen molar-refractivity contribution >= 4 is 44.1 Å². The number of hydrogen-bond donors (Lipinski definition) is 2. The van der Waals surface area contributed by atoms with Gasteiger partial charge in [0.1, 0.15) is 11.5 Å². The number of aromatic nitrogens is 1. The predicted octanol–water partition coefficient (Wildman–Crippen LogP) is 4.16. The summed E-state index contributed by atoms with van der Waals surface area (Å²) in [7, 11) is 0. The van der Waals surface area contributed by atoms with Crippen molar-refractivity contribution in [3.05, 3.63) is 58.4 Å². The van der Waals surface area contributed by atoms with E-state index in [1.54, 1.807) is 12.1 Å². The molecule has 0 saturated carbocycles. The molecule has 1 saturated heterocycles. The number of nitrogens with zero attached hydrogens (tertiary/aromatic N) is 1.